The van der Waals surface area contributed by atoms with Crippen molar-refractivity contribution in [3.05, 3.63) is 50.6 Å². The topological polar surface area (TPSA) is 133 Å². The third-order valence-corrected chi connectivity index (χ3v) is 4.65. The average Bonchev–Trinajstić information content (AvgIpc) is 3.16. The van der Waals surface area contributed by atoms with Crippen LogP contribution in [0, 0.1) is 20.2 Å². The highest BCUT2D eigenvalue weighted by molar-refractivity contribution is 5.82. The largest absolute Gasteiger partial charge is 0.493 e. The minimum absolute atomic E-state index is 0.0758. The van der Waals surface area contributed by atoms with Crippen LogP contribution in [0.4, 0.5) is 11.4 Å². The normalized spacial score (nSPS) is 10.9. The molecule has 1 aromatic heterocycles. The number of non-ortho nitro benzene ring substituents is 1. The Hall–Kier alpha value is -3.69. The number of hydrogen-bond donors (Lipinski definition) is 1. The Labute approximate surface area is 172 Å². The minimum atomic E-state index is -0.527. The van der Waals surface area contributed by atoms with Crippen LogP contribution in [0.2, 0.25) is 0 Å². The fourth-order valence-electron chi connectivity index (χ4n) is 3.11. The SMILES string of the molecule is CCCCCCOc1c(OC)cc(-c2nc3ccc([N+](=O)[O-])cc3[nH]2)cc1[N+](=O)[O-]. The zero-order valence-corrected chi connectivity index (χ0v) is 16.7. The van der Waals surface area contributed by atoms with Crippen LogP contribution in [0.5, 0.6) is 11.5 Å². The Balaban J connectivity index is 1.97. The number of aromatic nitrogens is 2. The molecule has 30 heavy (non-hydrogen) atoms. The number of rotatable bonds is 10. The van der Waals surface area contributed by atoms with Crippen LogP contribution in [-0.4, -0.2) is 33.5 Å². The second-order valence-corrected chi connectivity index (χ2v) is 6.74. The van der Waals surface area contributed by atoms with Crippen molar-refractivity contribution in [2.75, 3.05) is 13.7 Å². The number of aromatic amines is 1. The molecule has 1 heterocycles. The Bertz CT molecular complexity index is 1080. The van der Waals surface area contributed by atoms with Crippen LogP contribution >= 0.6 is 0 Å². The molecule has 0 fully saturated rings. The van der Waals surface area contributed by atoms with E-state index in [4.69, 9.17) is 9.47 Å². The maximum absolute atomic E-state index is 11.7. The molecule has 3 aromatic rings. The number of fused-ring (bicyclic) bond motifs is 1. The van der Waals surface area contributed by atoms with Crippen LogP contribution in [0.3, 0.4) is 0 Å². The van der Waals surface area contributed by atoms with Gasteiger partial charge in [0.25, 0.3) is 5.69 Å². The quantitative estimate of drug-likeness (QED) is 0.280. The molecule has 2 aromatic carbocycles. The van der Waals surface area contributed by atoms with Gasteiger partial charge in [0.1, 0.15) is 5.82 Å². The zero-order valence-electron chi connectivity index (χ0n) is 16.7. The molecule has 10 nitrogen and oxygen atoms in total. The van der Waals surface area contributed by atoms with Gasteiger partial charge in [-0.3, -0.25) is 20.2 Å². The zero-order chi connectivity index (χ0) is 21.7. The number of nitro groups is 2. The summed E-state index contributed by atoms with van der Waals surface area (Å²) >= 11 is 0. The molecular weight excluding hydrogens is 392 g/mol. The smallest absolute Gasteiger partial charge is 0.315 e. The Morgan fingerprint density at radius 1 is 1.07 bits per heavy atom. The standard InChI is InChI=1S/C20H22N4O6/c1-3-4-5-6-9-30-19-17(24(27)28)10-13(11-18(19)29-2)20-21-15-8-7-14(23(25)26)12-16(15)22-20/h7-8,10-12H,3-6,9H2,1-2H3,(H,21,22). The summed E-state index contributed by atoms with van der Waals surface area (Å²) in [6.45, 7) is 2.45. The molecular formula is C20H22N4O6. The third-order valence-electron chi connectivity index (χ3n) is 4.65. The summed E-state index contributed by atoms with van der Waals surface area (Å²) in [7, 11) is 1.41. The van der Waals surface area contributed by atoms with E-state index in [2.05, 4.69) is 16.9 Å². The maximum Gasteiger partial charge on any atom is 0.315 e. The molecule has 0 aliphatic rings. The van der Waals surface area contributed by atoms with Crippen molar-refractivity contribution in [2.45, 2.75) is 32.6 Å². The molecule has 0 aliphatic carbocycles. The highest BCUT2D eigenvalue weighted by atomic mass is 16.6. The molecule has 0 aliphatic heterocycles. The number of imidazole rings is 1. The van der Waals surface area contributed by atoms with Crippen LogP contribution in [0.15, 0.2) is 30.3 Å². The lowest BCUT2D eigenvalue weighted by Gasteiger charge is -2.12. The summed E-state index contributed by atoms with van der Waals surface area (Å²) in [6.07, 6.45) is 3.93. The van der Waals surface area contributed by atoms with E-state index in [0.29, 0.717) is 29.0 Å². The van der Waals surface area contributed by atoms with Crippen LogP contribution < -0.4 is 9.47 Å². The van der Waals surface area contributed by atoms with Gasteiger partial charge in [-0.1, -0.05) is 26.2 Å². The number of ether oxygens (including phenoxy) is 2. The maximum atomic E-state index is 11.7. The molecule has 10 heteroatoms. The molecule has 1 N–H and O–H groups in total. The van der Waals surface area contributed by atoms with Crippen molar-refractivity contribution in [3.63, 3.8) is 0 Å². The van der Waals surface area contributed by atoms with Gasteiger partial charge >= 0.3 is 5.69 Å². The average molecular weight is 414 g/mol. The summed E-state index contributed by atoms with van der Waals surface area (Å²) in [4.78, 5) is 29.0. The monoisotopic (exact) mass is 414 g/mol. The lowest BCUT2D eigenvalue weighted by molar-refractivity contribution is -0.385. The number of hydrogen-bond acceptors (Lipinski definition) is 7. The number of benzene rings is 2. The molecule has 0 atom stereocenters. The Kier molecular flexibility index (Phi) is 6.45. The summed E-state index contributed by atoms with van der Waals surface area (Å²) < 4.78 is 11.0. The van der Waals surface area contributed by atoms with Gasteiger partial charge in [-0.25, -0.2) is 4.98 Å². The third kappa shape index (κ3) is 4.48. The van der Waals surface area contributed by atoms with Gasteiger partial charge in [-0.05, 0) is 18.6 Å². The van der Waals surface area contributed by atoms with E-state index in [1.54, 1.807) is 6.07 Å². The summed E-state index contributed by atoms with van der Waals surface area (Å²) in [6, 6.07) is 7.19. The molecule has 0 bridgehead atoms. The van der Waals surface area contributed by atoms with E-state index in [-0.39, 0.29) is 22.9 Å². The van der Waals surface area contributed by atoms with Crippen molar-refractivity contribution >= 4 is 22.4 Å². The van der Waals surface area contributed by atoms with Crippen LogP contribution in [-0.2, 0) is 0 Å². The first-order chi connectivity index (χ1) is 14.4. The van der Waals surface area contributed by atoms with E-state index in [1.807, 2.05) is 0 Å². The molecule has 0 spiro atoms. The molecule has 0 unspecified atom stereocenters. The minimum Gasteiger partial charge on any atom is -0.493 e. The Morgan fingerprint density at radius 3 is 2.53 bits per heavy atom. The van der Waals surface area contributed by atoms with Gasteiger partial charge in [0.2, 0.25) is 5.75 Å². The van der Waals surface area contributed by atoms with Crippen molar-refractivity contribution in [2.24, 2.45) is 0 Å². The number of nitrogens with zero attached hydrogens (tertiary/aromatic N) is 3. The number of methoxy groups -OCH3 is 1. The molecule has 3 rings (SSSR count). The second-order valence-electron chi connectivity index (χ2n) is 6.74. The van der Waals surface area contributed by atoms with E-state index < -0.39 is 9.85 Å². The van der Waals surface area contributed by atoms with Gasteiger partial charge < -0.3 is 14.5 Å². The van der Waals surface area contributed by atoms with E-state index >= 15 is 0 Å². The molecule has 0 saturated heterocycles. The lowest BCUT2D eigenvalue weighted by atomic mass is 10.1. The molecule has 0 radical (unpaired) electrons. The fourth-order valence-corrected chi connectivity index (χ4v) is 3.11. The first kappa shape index (κ1) is 21.0. The van der Waals surface area contributed by atoms with Gasteiger partial charge in [-0.2, -0.15) is 0 Å². The second kappa shape index (κ2) is 9.21. The number of nitrogens with one attached hydrogen (secondary N) is 1. The number of unbranched alkanes of at least 4 members (excludes halogenated alkanes) is 3. The van der Waals surface area contributed by atoms with Crippen molar-refractivity contribution in [1.82, 2.24) is 9.97 Å². The van der Waals surface area contributed by atoms with E-state index in [1.165, 1.54) is 31.4 Å². The summed E-state index contributed by atoms with van der Waals surface area (Å²) in [5, 5.41) is 22.6. The van der Waals surface area contributed by atoms with Crippen molar-refractivity contribution < 1.29 is 19.3 Å². The van der Waals surface area contributed by atoms with Gasteiger partial charge in [0.15, 0.2) is 5.75 Å². The van der Waals surface area contributed by atoms with Gasteiger partial charge in [0.05, 0.1) is 34.6 Å². The first-order valence-electron chi connectivity index (χ1n) is 9.58. The highest BCUT2D eigenvalue weighted by Gasteiger charge is 2.24. The highest BCUT2D eigenvalue weighted by Crippen LogP contribution is 2.41. The predicted octanol–water partition coefficient (Wildman–Crippen LogP) is 5.01. The number of H-pyrrole nitrogens is 1. The van der Waals surface area contributed by atoms with E-state index in [0.717, 1.165) is 25.7 Å². The summed E-state index contributed by atoms with van der Waals surface area (Å²) in [5.74, 6) is 0.636. The first-order valence-corrected chi connectivity index (χ1v) is 9.58. The Morgan fingerprint density at radius 2 is 1.87 bits per heavy atom. The molecule has 0 amide bonds. The van der Waals surface area contributed by atoms with Gasteiger partial charge in [-0.15, -0.1) is 0 Å². The van der Waals surface area contributed by atoms with Crippen molar-refractivity contribution in [1.29, 1.82) is 0 Å². The number of nitro benzene ring substituents is 2. The lowest BCUT2D eigenvalue weighted by Crippen LogP contribution is -2.03. The predicted molar refractivity (Wildman–Crippen MR) is 111 cm³/mol. The van der Waals surface area contributed by atoms with Crippen molar-refractivity contribution in [3.8, 4) is 22.9 Å². The van der Waals surface area contributed by atoms with Crippen LogP contribution in [0.1, 0.15) is 32.6 Å². The fraction of sp³-hybridized carbons (Fsp3) is 0.350. The summed E-state index contributed by atoms with van der Waals surface area (Å²) in [5.41, 5.74) is 1.07. The molecule has 0 saturated carbocycles. The van der Waals surface area contributed by atoms with E-state index in [9.17, 15) is 20.2 Å². The molecule has 158 valence electrons. The van der Waals surface area contributed by atoms with Crippen LogP contribution in [0.25, 0.3) is 22.4 Å². The van der Waals surface area contributed by atoms with Gasteiger partial charge in [0, 0.05) is 23.8 Å².